The molecule has 20 heavy (non-hydrogen) atoms. The van der Waals surface area contributed by atoms with Crippen LogP contribution in [-0.4, -0.2) is 14.3 Å². The summed E-state index contributed by atoms with van der Waals surface area (Å²) in [5.41, 5.74) is 0.0450. The van der Waals surface area contributed by atoms with Crippen LogP contribution in [0.25, 0.3) is 0 Å². The number of nitrogens with one attached hydrogen (secondary N) is 1. The third kappa shape index (κ3) is 3.07. The zero-order valence-corrected chi connectivity index (χ0v) is 12.6. The Morgan fingerprint density at radius 2 is 2.05 bits per heavy atom. The molecule has 0 aliphatic rings. The number of amides is 1. The van der Waals surface area contributed by atoms with E-state index in [9.17, 15) is 17.6 Å². The molecule has 1 N–H and O–H groups in total. The fraction of sp³-hybridized carbons (Fsp3) is 0.0833. The van der Waals surface area contributed by atoms with E-state index < -0.39 is 26.6 Å². The first-order valence-electron chi connectivity index (χ1n) is 5.37. The number of aryl methyl sites for hydroxylation is 1. The van der Waals surface area contributed by atoms with Crippen LogP contribution in [0.1, 0.15) is 16.1 Å². The van der Waals surface area contributed by atoms with Crippen LogP contribution in [0.2, 0.25) is 0 Å². The number of furan rings is 1. The smallest absolute Gasteiger partial charge is 0.268 e. The number of carbonyl (C=O) groups excluding carboxylic acids is 1. The standard InChI is InChI=1S/C12H9BrFNO4S/c1-7-4-8(6-19-7)12(16)15-20(17,18)11-3-2-9(13)5-10(11)14/h2-6H,1H3,(H,15,16). The number of sulfonamides is 1. The third-order valence-electron chi connectivity index (χ3n) is 2.40. The minimum atomic E-state index is -4.28. The van der Waals surface area contributed by atoms with Crippen LogP contribution in [0.15, 0.2) is 44.3 Å². The number of halogens is 2. The summed E-state index contributed by atoms with van der Waals surface area (Å²) in [5, 5.41) is 0. The van der Waals surface area contributed by atoms with E-state index in [1.807, 2.05) is 0 Å². The van der Waals surface area contributed by atoms with Crippen LogP contribution in [0, 0.1) is 12.7 Å². The zero-order valence-electron chi connectivity index (χ0n) is 10.2. The van der Waals surface area contributed by atoms with Crippen molar-refractivity contribution >= 4 is 31.9 Å². The summed E-state index contributed by atoms with van der Waals surface area (Å²) >= 11 is 3.02. The minimum absolute atomic E-state index is 0.0450. The Labute approximate surface area is 123 Å². The number of benzene rings is 1. The monoisotopic (exact) mass is 361 g/mol. The maximum absolute atomic E-state index is 13.6. The molecule has 0 aliphatic carbocycles. The zero-order chi connectivity index (χ0) is 14.9. The summed E-state index contributed by atoms with van der Waals surface area (Å²) in [5.74, 6) is -1.38. The molecule has 8 heteroatoms. The number of hydrogen-bond acceptors (Lipinski definition) is 4. The lowest BCUT2D eigenvalue weighted by atomic mass is 10.3. The largest absolute Gasteiger partial charge is 0.469 e. The van der Waals surface area contributed by atoms with Crippen molar-refractivity contribution in [1.29, 1.82) is 0 Å². The van der Waals surface area contributed by atoms with Crippen molar-refractivity contribution in [2.24, 2.45) is 0 Å². The predicted octanol–water partition coefficient (Wildman–Crippen LogP) is 2.61. The molecule has 0 unspecified atom stereocenters. The molecule has 2 rings (SSSR count). The van der Waals surface area contributed by atoms with Gasteiger partial charge in [0, 0.05) is 4.47 Å². The van der Waals surface area contributed by atoms with Gasteiger partial charge in [0.2, 0.25) is 0 Å². The second-order valence-corrected chi connectivity index (χ2v) is 6.52. The lowest BCUT2D eigenvalue weighted by molar-refractivity contribution is 0.0981. The quantitative estimate of drug-likeness (QED) is 0.911. The molecule has 2 aromatic rings. The van der Waals surface area contributed by atoms with Crippen LogP contribution >= 0.6 is 15.9 Å². The fourth-order valence-corrected chi connectivity index (χ4v) is 2.86. The van der Waals surface area contributed by atoms with Gasteiger partial charge < -0.3 is 4.42 Å². The van der Waals surface area contributed by atoms with Crippen LogP contribution < -0.4 is 4.72 Å². The summed E-state index contributed by atoms with van der Waals surface area (Å²) in [6.45, 7) is 1.61. The van der Waals surface area contributed by atoms with E-state index in [2.05, 4.69) is 15.9 Å². The maximum atomic E-state index is 13.6. The summed E-state index contributed by atoms with van der Waals surface area (Å²) in [4.78, 5) is 11.1. The topological polar surface area (TPSA) is 76.4 Å². The van der Waals surface area contributed by atoms with Crippen molar-refractivity contribution in [3.63, 3.8) is 0 Å². The van der Waals surface area contributed by atoms with E-state index in [1.54, 1.807) is 11.6 Å². The Balaban J connectivity index is 2.29. The molecule has 0 saturated heterocycles. The highest BCUT2D eigenvalue weighted by Gasteiger charge is 2.23. The molecule has 0 saturated carbocycles. The highest BCUT2D eigenvalue weighted by atomic mass is 79.9. The first kappa shape index (κ1) is 14.7. The van der Waals surface area contributed by atoms with Gasteiger partial charge in [0.15, 0.2) is 0 Å². The van der Waals surface area contributed by atoms with Crippen molar-refractivity contribution in [2.75, 3.05) is 0 Å². The van der Waals surface area contributed by atoms with Crippen LogP contribution in [0.3, 0.4) is 0 Å². The lowest BCUT2D eigenvalue weighted by Crippen LogP contribution is -2.30. The molecular weight excluding hydrogens is 353 g/mol. The highest BCUT2D eigenvalue weighted by Crippen LogP contribution is 2.19. The van der Waals surface area contributed by atoms with E-state index in [0.29, 0.717) is 10.2 Å². The van der Waals surface area contributed by atoms with Crippen LogP contribution in [-0.2, 0) is 10.0 Å². The van der Waals surface area contributed by atoms with Gasteiger partial charge in [-0.3, -0.25) is 4.79 Å². The van der Waals surface area contributed by atoms with Gasteiger partial charge in [0.25, 0.3) is 15.9 Å². The molecule has 0 fully saturated rings. The number of rotatable bonds is 3. The van der Waals surface area contributed by atoms with E-state index in [0.717, 1.165) is 18.4 Å². The second-order valence-electron chi connectivity index (χ2n) is 3.96. The Morgan fingerprint density at radius 1 is 1.35 bits per heavy atom. The molecule has 0 spiro atoms. The molecule has 0 atom stereocenters. The Morgan fingerprint density at radius 3 is 2.60 bits per heavy atom. The first-order chi connectivity index (χ1) is 9.29. The molecule has 1 aromatic carbocycles. The predicted molar refractivity (Wildman–Crippen MR) is 72.2 cm³/mol. The second kappa shape index (κ2) is 5.37. The molecule has 0 aliphatic heterocycles. The summed E-state index contributed by atoms with van der Waals surface area (Å²) in [7, 11) is -4.28. The first-order valence-corrected chi connectivity index (χ1v) is 7.64. The van der Waals surface area contributed by atoms with Gasteiger partial charge in [0.05, 0.1) is 5.56 Å². The van der Waals surface area contributed by atoms with Crippen molar-refractivity contribution in [1.82, 2.24) is 4.72 Å². The normalized spacial score (nSPS) is 11.3. The van der Waals surface area contributed by atoms with Crippen molar-refractivity contribution in [2.45, 2.75) is 11.8 Å². The van der Waals surface area contributed by atoms with Crippen LogP contribution in [0.4, 0.5) is 4.39 Å². The van der Waals surface area contributed by atoms with E-state index in [1.165, 1.54) is 12.1 Å². The molecule has 0 bridgehead atoms. The molecule has 1 aromatic heterocycles. The Bertz CT molecular complexity index is 770. The lowest BCUT2D eigenvalue weighted by Gasteiger charge is -2.06. The highest BCUT2D eigenvalue weighted by molar-refractivity contribution is 9.10. The van der Waals surface area contributed by atoms with Gasteiger partial charge in [0.1, 0.15) is 22.7 Å². The van der Waals surface area contributed by atoms with Gasteiger partial charge in [-0.25, -0.2) is 17.5 Å². The average Bonchev–Trinajstić information content (AvgIpc) is 2.74. The van der Waals surface area contributed by atoms with Crippen LogP contribution in [0.5, 0.6) is 0 Å². The Hall–Kier alpha value is -1.67. The molecule has 0 radical (unpaired) electrons. The average molecular weight is 362 g/mol. The minimum Gasteiger partial charge on any atom is -0.469 e. The summed E-state index contributed by atoms with van der Waals surface area (Å²) in [6, 6.07) is 4.81. The van der Waals surface area contributed by atoms with Gasteiger partial charge in [-0.15, -0.1) is 0 Å². The molecule has 106 valence electrons. The maximum Gasteiger partial charge on any atom is 0.268 e. The molecule has 1 heterocycles. The summed E-state index contributed by atoms with van der Waals surface area (Å²) < 4.78 is 44.6. The Kier molecular flexibility index (Phi) is 3.96. The van der Waals surface area contributed by atoms with E-state index in [-0.39, 0.29) is 5.56 Å². The van der Waals surface area contributed by atoms with Gasteiger partial charge in [-0.05, 0) is 31.2 Å². The number of hydrogen-bond donors (Lipinski definition) is 1. The van der Waals surface area contributed by atoms with Crippen molar-refractivity contribution < 1.29 is 22.0 Å². The molecule has 5 nitrogen and oxygen atoms in total. The van der Waals surface area contributed by atoms with Gasteiger partial charge in [-0.1, -0.05) is 15.9 Å². The van der Waals surface area contributed by atoms with E-state index >= 15 is 0 Å². The van der Waals surface area contributed by atoms with Crippen molar-refractivity contribution in [3.05, 3.63) is 52.1 Å². The number of carbonyl (C=O) groups is 1. The van der Waals surface area contributed by atoms with Gasteiger partial charge >= 0.3 is 0 Å². The molecule has 1 amide bonds. The van der Waals surface area contributed by atoms with E-state index in [4.69, 9.17) is 4.42 Å². The fourth-order valence-electron chi connectivity index (χ4n) is 1.49. The van der Waals surface area contributed by atoms with Gasteiger partial charge in [-0.2, -0.15) is 0 Å². The molecular formula is C12H9BrFNO4S. The SMILES string of the molecule is Cc1cc(C(=O)NS(=O)(=O)c2ccc(Br)cc2F)co1. The summed E-state index contributed by atoms with van der Waals surface area (Å²) in [6.07, 6.45) is 1.12. The van der Waals surface area contributed by atoms with Crippen molar-refractivity contribution in [3.8, 4) is 0 Å². The third-order valence-corrected chi connectivity index (χ3v) is 4.26.